The topological polar surface area (TPSA) is 72.8 Å². The molecule has 1 rings (SSSR count). The number of aliphatic carboxylic acids is 1. The van der Waals surface area contributed by atoms with Crippen LogP contribution in [0, 0.1) is 5.92 Å². The standard InChI is InChI=1S/C15H20O5/c1-4-19-14(18)15(11(2)3,13(16)17)20-10-12-8-6-5-7-9-12/h5-9,11H,4,10H2,1-3H3,(H,16,17). The fourth-order valence-electron chi connectivity index (χ4n) is 1.87. The molecule has 0 saturated carbocycles. The third kappa shape index (κ3) is 3.36. The Kier molecular flexibility index (Phi) is 5.70. The summed E-state index contributed by atoms with van der Waals surface area (Å²) in [5.41, 5.74) is -1.19. The molecule has 0 spiro atoms. The van der Waals surface area contributed by atoms with Crippen LogP contribution in [0.2, 0.25) is 0 Å². The molecule has 0 amide bonds. The predicted molar refractivity (Wildman–Crippen MR) is 73.1 cm³/mol. The van der Waals surface area contributed by atoms with E-state index in [2.05, 4.69) is 0 Å². The maximum absolute atomic E-state index is 12.0. The second-order valence-corrected chi connectivity index (χ2v) is 4.69. The van der Waals surface area contributed by atoms with E-state index in [0.29, 0.717) is 0 Å². The van der Waals surface area contributed by atoms with Crippen LogP contribution in [0.5, 0.6) is 0 Å². The molecule has 1 atom stereocenters. The second kappa shape index (κ2) is 7.05. The second-order valence-electron chi connectivity index (χ2n) is 4.69. The van der Waals surface area contributed by atoms with Crippen molar-refractivity contribution < 1.29 is 24.2 Å². The van der Waals surface area contributed by atoms with Gasteiger partial charge in [-0.25, -0.2) is 9.59 Å². The summed E-state index contributed by atoms with van der Waals surface area (Å²) in [4.78, 5) is 23.6. The van der Waals surface area contributed by atoms with Gasteiger partial charge in [0, 0.05) is 5.92 Å². The fourth-order valence-corrected chi connectivity index (χ4v) is 1.87. The van der Waals surface area contributed by atoms with Crippen LogP contribution >= 0.6 is 0 Å². The van der Waals surface area contributed by atoms with E-state index in [-0.39, 0.29) is 13.2 Å². The molecule has 0 fully saturated rings. The Hall–Kier alpha value is -1.88. The first-order chi connectivity index (χ1) is 9.45. The summed E-state index contributed by atoms with van der Waals surface area (Å²) >= 11 is 0. The Balaban J connectivity index is 2.98. The molecule has 0 bridgehead atoms. The number of carbonyl (C=O) groups is 2. The van der Waals surface area contributed by atoms with Crippen molar-refractivity contribution >= 4 is 11.9 Å². The molecule has 0 aromatic heterocycles. The number of carbonyl (C=O) groups excluding carboxylic acids is 1. The largest absolute Gasteiger partial charge is 0.479 e. The van der Waals surface area contributed by atoms with Gasteiger partial charge in [-0.05, 0) is 12.5 Å². The van der Waals surface area contributed by atoms with E-state index in [4.69, 9.17) is 9.47 Å². The fraction of sp³-hybridized carbons (Fsp3) is 0.467. The first kappa shape index (κ1) is 16.2. The molecule has 1 aromatic carbocycles. The van der Waals surface area contributed by atoms with Gasteiger partial charge in [-0.2, -0.15) is 0 Å². The molecule has 5 nitrogen and oxygen atoms in total. The molecule has 0 aliphatic carbocycles. The van der Waals surface area contributed by atoms with Gasteiger partial charge in [0.05, 0.1) is 13.2 Å². The number of hydrogen-bond donors (Lipinski definition) is 1. The van der Waals surface area contributed by atoms with Crippen LogP contribution in [0.25, 0.3) is 0 Å². The third-order valence-corrected chi connectivity index (χ3v) is 3.02. The van der Waals surface area contributed by atoms with E-state index >= 15 is 0 Å². The van der Waals surface area contributed by atoms with Gasteiger partial charge in [-0.15, -0.1) is 0 Å². The molecule has 0 aliphatic rings. The monoisotopic (exact) mass is 280 g/mol. The van der Waals surface area contributed by atoms with Gasteiger partial charge in [-0.3, -0.25) is 0 Å². The van der Waals surface area contributed by atoms with Crippen LogP contribution in [0.3, 0.4) is 0 Å². The number of benzene rings is 1. The Morgan fingerprint density at radius 1 is 1.25 bits per heavy atom. The Morgan fingerprint density at radius 2 is 1.85 bits per heavy atom. The Bertz CT molecular complexity index is 455. The molecule has 0 radical (unpaired) electrons. The first-order valence-electron chi connectivity index (χ1n) is 6.53. The molecule has 0 aliphatic heterocycles. The predicted octanol–water partition coefficient (Wildman–Crippen LogP) is 2.25. The van der Waals surface area contributed by atoms with Crippen molar-refractivity contribution in [2.24, 2.45) is 5.92 Å². The molecule has 5 heteroatoms. The summed E-state index contributed by atoms with van der Waals surface area (Å²) in [6, 6.07) is 9.10. The zero-order valence-corrected chi connectivity index (χ0v) is 12.0. The van der Waals surface area contributed by atoms with Crippen LogP contribution in [0.15, 0.2) is 30.3 Å². The summed E-state index contributed by atoms with van der Waals surface area (Å²) in [7, 11) is 0. The zero-order valence-electron chi connectivity index (χ0n) is 12.0. The molecular formula is C15H20O5. The summed E-state index contributed by atoms with van der Waals surface area (Å²) in [6.07, 6.45) is 0. The molecule has 0 saturated heterocycles. The highest BCUT2D eigenvalue weighted by atomic mass is 16.6. The minimum Gasteiger partial charge on any atom is -0.479 e. The number of carboxylic acid groups (broad SMARTS) is 1. The van der Waals surface area contributed by atoms with Crippen molar-refractivity contribution in [3.8, 4) is 0 Å². The van der Waals surface area contributed by atoms with Crippen LogP contribution in [-0.2, 0) is 25.7 Å². The van der Waals surface area contributed by atoms with Gasteiger partial charge in [-0.1, -0.05) is 44.2 Å². The first-order valence-corrected chi connectivity index (χ1v) is 6.53. The van der Waals surface area contributed by atoms with E-state index < -0.39 is 23.5 Å². The maximum atomic E-state index is 12.0. The highest BCUT2D eigenvalue weighted by Crippen LogP contribution is 2.26. The van der Waals surface area contributed by atoms with Crippen molar-refractivity contribution in [1.29, 1.82) is 0 Å². The molecule has 110 valence electrons. The average molecular weight is 280 g/mol. The number of rotatable bonds is 7. The maximum Gasteiger partial charge on any atom is 0.350 e. The van der Waals surface area contributed by atoms with Crippen LogP contribution in [-0.4, -0.2) is 29.3 Å². The van der Waals surface area contributed by atoms with E-state index in [0.717, 1.165) is 5.56 Å². The van der Waals surface area contributed by atoms with Crippen LogP contribution in [0.1, 0.15) is 26.3 Å². The zero-order chi connectivity index (χ0) is 15.2. The minimum atomic E-state index is -1.98. The lowest BCUT2D eigenvalue weighted by molar-refractivity contribution is -0.196. The Labute approximate surface area is 118 Å². The molecule has 0 heterocycles. The van der Waals surface area contributed by atoms with Crippen LogP contribution < -0.4 is 0 Å². The SMILES string of the molecule is CCOC(=O)C(OCc1ccccc1)(C(=O)O)C(C)C. The number of ether oxygens (including phenoxy) is 2. The molecular weight excluding hydrogens is 260 g/mol. The number of esters is 1. The van der Waals surface area contributed by atoms with Gasteiger partial charge in [0.1, 0.15) is 0 Å². The third-order valence-electron chi connectivity index (χ3n) is 3.02. The molecule has 20 heavy (non-hydrogen) atoms. The lowest BCUT2D eigenvalue weighted by atomic mass is 9.90. The summed E-state index contributed by atoms with van der Waals surface area (Å²) < 4.78 is 10.4. The summed E-state index contributed by atoms with van der Waals surface area (Å²) in [6.45, 7) is 5.01. The highest BCUT2D eigenvalue weighted by Gasteiger charge is 2.52. The minimum absolute atomic E-state index is 0.0319. The summed E-state index contributed by atoms with van der Waals surface area (Å²) in [5, 5.41) is 9.44. The average Bonchev–Trinajstić information content (AvgIpc) is 2.40. The Morgan fingerprint density at radius 3 is 2.30 bits per heavy atom. The van der Waals surface area contributed by atoms with Gasteiger partial charge in [0.15, 0.2) is 0 Å². The van der Waals surface area contributed by atoms with Crippen molar-refractivity contribution in [2.45, 2.75) is 33.0 Å². The lowest BCUT2D eigenvalue weighted by Gasteiger charge is -2.30. The van der Waals surface area contributed by atoms with Crippen molar-refractivity contribution in [2.75, 3.05) is 6.61 Å². The normalized spacial score (nSPS) is 13.8. The van der Waals surface area contributed by atoms with Crippen LogP contribution in [0.4, 0.5) is 0 Å². The highest BCUT2D eigenvalue weighted by molar-refractivity contribution is 6.03. The van der Waals surface area contributed by atoms with Gasteiger partial charge >= 0.3 is 11.9 Å². The van der Waals surface area contributed by atoms with Gasteiger partial charge < -0.3 is 14.6 Å². The van der Waals surface area contributed by atoms with E-state index in [1.165, 1.54) is 0 Å². The van der Waals surface area contributed by atoms with Crippen molar-refractivity contribution in [3.63, 3.8) is 0 Å². The molecule has 1 N–H and O–H groups in total. The van der Waals surface area contributed by atoms with Gasteiger partial charge in [0.2, 0.25) is 0 Å². The number of carboxylic acids is 1. The summed E-state index contributed by atoms with van der Waals surface area (Å²) in [5.74, 6) is -2.75. The molecule has 1 unspecified atom stereocenters. The molecule has 1 aromatic rings. The van der Waals surface area contributed by atoms with E-state index in [9.17, 15) is 14.7 Å². The van der Waals surface area contributed by atoms with Gasteiger partial charge in [0.25, 0.3) is 5.60 Å². The van der Waals surface area contributed by atoms with Crippen molar-refractivity contribution in [1.82, 2.24) is 0 Å². The smallest absolute Gasteiger partial charge is 0.350 e. The number of hydrogen-bond acceptors (Lipinski definition) is 4. The van der Waals surface area contributed by atoms with E-state index in [1.54, 1.807) is 32.9 Å². The van der Waals surface area contributed by atoms with E-state index in [1.807, 2.05) is 18.2 Å². The lowest BCUT2D eigenvalue weighted by Crippen LogP contribution is -2.54. The quantitative estimate of drug-likeness (QED) is 0.612. The van der Waals surface area contributed by atoms with Crippen molar-refractivity contribution in [3.05, 3.63) is 35.9 Å².